The molecule has 1 N–H and O–H groups in total. The summed E-state index contributed by atoms with van der Waals surface area (Å²) in [5.41, 5.74) is 0.809. The lowest BCUT2D eigenvalue weighted by atomic mass is 10.1. The molecule has 0 aromatic heterocycles. The number of carbonyl (C=O) groups is 2. The highest BCUT2D eigenvalue weighted by Crippen LogP contribution is 2.27. The van der Waals surface area contributed by atoms with Crippen LogP contribution in [-0.2, 0) is 9.59 Å². The monoisotopic (exact) mass is 347 g/mol. The molecule has 1 fully saturated rings. The summed E-state index contributed by atoms with van der Waals surface area (Å²) in [7, 11) is 4.01. The average molecular weight is 347 g/mol. The van der Waals surface area contributed by atoms with E-state index < -0.39 is 0 Å². The number of ether oxygens (including phenoxy) is 1. The lowest BCUT2D eigenvalue weighted by molar-refractivity contribution is -0.126. The van der Waals surface area contributed by atoms with Gasteiger partial charge in [-0.05, 0) is 65.2 Å². The second-order valence-corrected chi connectivity index (χ2v) is 7.01. The largest absolute Gasteiger partial charge is 0.491 e. The number of amides is 2. The zero-order chi connectivity index (χ0) is 18.4. The molecule has 2 amide bonds. The lowest BCUT2D eigenvalue weighted by Crippen LogP contribution is -2.34. The third-order valence-electron chi connectivity index (χ3n) is 4.10. The third kappa shape index (κ3) is 5.74. The molecule has 1 atom stereocenters. The van der Waals surface area contributed by atoms with E-state index in [1.54, 1.807) is 4.90 Å². The Morgan fingerprint density at radius 2 is 2.00 bits per heavy atom. The van der Waals surface area contributed by atoms with E-state index in [1.165, 1.54) is 0 Å². The van der Waals surface area contributed by atoms with Crippen molar-refractivity contribution in [2.45, 2.75) is 32.8 Å². The standard InChI is InChI=1S/C19H29N3O3/c1-14(2)25-17-8-6-16(7-9-17)22-13-15(12-18(22)23)19(24)20-10-5-11-21(3)4/h6-9,14-15H,5,10-13H2,1-4H3,(H,20,24). The molecule has 138 valence electrons. The molecule has 6 heteroatoms. The van der Waals surface area contributed by atoms with E-state index in [0.29, 0.717) is 13.1 Å². The van der Waals surface area contributed by atoms with E-state index >= 15 is 0 Å². The van der Waals surface area contributed by atoms with Crippen molar-refractivity contribution in [3.8, 4) is 5.75 Å². The van der Waals surface area contributed by atoms with Gasteiger partial charge in [-0.2, -0.15) is 0 Å². The van der Waals surface area contributed by atoms with Crippen LogP contribution in [0.5, 0.6) is 5.75 Å². The number of hydrogen-bond acceptors (Lipinski definition) is 4. The second-order valence-electron chi connectivity index (χ2n) is 7.01. The summed E-state index contributed by atoms with van der Waals surface area (Å²) in [5, 5.41) is 2.94. The Bertz CT molecular complexity index is 584. The lowest BCUT2D eigenvalue weighted by Gasteiger charge is -2.18. The maximum Gasteiger partial charge on any atom is 0.227 e. The zero-order valence-corrected chi connectivity index (χ0v) is 15.6. The minimum absolute atomic E-state index is 0.00836. The van der Waals surface area contributed by atoms with E-state index in [-0.39, 0.29) is 30.3 Å². The van der Waals surface area contributed by atoms with Crippen LogP contribution in [0.15, 0.2) is 24.3 Å². The Morgan fingerprint density at radius 1 is 1.32 bits per heavy atom. The van der Waals surface area contributed by atoms with Crippen molar-refractivity contribution in [1.82, 2.24) is 10.2 Å². The molecule has 1 aliphatic rings. The molecule has 0 spiro atoms. The molecular weight excluding hydrogens is 318 g/mol. The van der Waals surface area contributed by atoms with Crippen molar-refractivity contribution in [2.75, 3.05) is 38.6 Å². The topological polar surface area (TPSA) is 61.9 Å². The molecule has 0 radical (unpaired) electrons. The quantitative estimate of drug-likeness (QED) is 0.730. The Labute approximate surface area is 150 Å². The number of nitrogens with one attached hydrogen (secondary N) is 1. The first-order valence-electron chi connectivity index (χ1n) is 8.86. The number of hydrogen-bond donors (Lipinski definition) is 1. The Balaban J connectivity index is 1.87. The van der Waals surface area contributed by atoms with Crippen molar-refractivity contribution >= 4 is 17.5 Å². The van der Waals surface area contributed by atoms with Gasteiger partial charge in [-0.15, -0.1) is 0 Å². The van der Waals surface area contributed by atoms with Gasteiger partial charge in [0.1, 0.15) is 5.75 Å². The zero-order valence-electron chi connectivity index (χ0n) is 15.6. The Morgan fingerprint density at radius 3 is 2.60 bits per heavy atom. The maximum atomic E-state index is 12.3. The van der Waals surface area contributed by atoms with E-state index in [1.807, 2.05) is 52.2 Å². The summed E-state index contributed by atoms with van der Waals surface area (Å²) >= 11 is 0. The van der Waals surface area contributed by atoms with Gasteiger partial charge in [0, 0.05) is 25.2 Å². The van der Waals surface area contributed by atoms with Gasteiger partial charge in [-0.1, -0.05) is 0 Å². The Kier molecular flexibility index (Phi) is 6.82. The number of rotatable bonds is 8. The van der Waals surface area contributed by atoms with Crippen LogP contribution in [0.1, 0.15) is 26.7 Å². The second kappa shape index (κ2) is 8.85. The summed E-state index contributed by atoms with van der Waals surface area (Å²) in [4.78, 5) is 28.3. The van der Waals surface area contributed by atoms with Crippen LogP contribution in [0.25, 0.3) is 0 Å². The van der Waals surface area contributed by atoms with Gasteiger partial charge in [0.05, 0.1) is 12.0 Å². The molecule has 0 saturated carbocycles. The number of carbonyl (C=O) groups excluding carboxylic acids is 2. The molecule has 25 heavy (non-hydrogen) atoms. The molecular formula is C19H29N3O3. The fraction of sp³-hybridized carbons (Fsp3) is 0.579. The molecule has 1 unspecified atom stereocenters. The first-order valence-corrected chi connectivity index (χ1v) is 8.86. The molecule has 1 aliphatic heterocycles. The first-order chi connectivity index (χ1) is 11.9. The smallest absolute Gasteiger partial charge is 0.227 e. The predicted molar refractivity (Wildman–Crippen MR) is 98.8 cm³/mol. The average Bonchev–Trinajstić information content (AvgIpc) is 2.93. The number of benzene rings is 1. The van der Waals surface area contributed by atoms with E-state index in [0.717, 1.165) is 24.4 Å². The summed E-state index contributed by atoms with van der Waals surface area (Å²) < 4.78 is 5.62. The van der Waals surface area contributed by atoms with Crippen molar-refractivity contribution in [2.24, 2.45) is 5.92 Å². The summed E-state index contributed by atoms with van der Waals surface area (Å²) in [6.45, 7) is 5.95. The van der Waals surface area contributed by atoms with Crippen molar-refractivity contribution < 1.29 is 14.3 Å². The summed E-state index contributed by atoms with van der Waals surface area (Å²) in [6.07, 6.45) is 1.28. The van der Waals surface area contributed by atoms with Gasteiger partial charge in [0.2, 0.25) is 11.8 Å². The van der Waals surface area contributed by atoms with Crippen LogP contribution in [0.2, 0.25) is 0 Å². The van der Waals surface area contributed by atoms with Gasteiger partial charge in [-0.3, -0.25) is 9.59 Å². The minimum Gasteiger partial charge on any atom is -0.491 e. The molecule has 1 aromatic carbocycles. The van der Waals surface area contributed by atoms with Crippen LogP contribution in [0.4, 0.5) is 5.69 Å². The van der Waals surface area contributed by atoms with E-state index in [4.69, 9.17) is 4.74 Å². The van der Waals surface area contributed by atoms with Gasteiger partial charge >= 0.3 is 0 Å². The van der Waals surface area contributed by atoms with Crippen LogP contribution in [0, 0.1) is 5.92 Å². The van der Waals surface area contributed by atoms with Crippen LogP contribution in [0.3, 0.4) is 0 Å². The maximum absolute atomic E-state index is 12.3. The van der Waals surface area contributed by atoms with E-state index in [9.17, 15) is 9.59 Å². The molecule has 6 nitrogen and oxygen atoms in total. The van der Waals surface area contributed by atoms with Crippen molar-refractivity contribution in [3.05, 3.63) is 24.3 Å². The molecule has 1 heterocycles. The molecule has 1 saturated heterocycles. The summed E-state index contributed by atoms with van der Waals surface area (Å²) in [5.74, 6) is 0.458. The molecule has 0 bridgehead atoms. The molecule has 0 aliphatic carbocycles. The first kappa shape index (κ1) is 19.2. The molecule has 1 aromatic rings. The minimum atomic E-state index is -0.279. The fourth-order valence-corrected chi connectivity index (χ4v) is 2.86. The van der Waals surface area contributed by atoms with Gasteiger partial charge in [0.15, 0.2) is 0 Å². The number of anilines is 1. The summed E-state index contributed by atoms with van der Waals surface area (Å²) in [6, 6.07) is 7.45. The molecule has 2 rings (SSSR count). The highest BCUT2D eigenvalue weighted by molar-refractivity contribution is 6.00. The van der Waals surface area contributed by atoms with Gasteiger partial charge in [-0.25, -0.2) is 0 Å². The van der Waals surface area contributed by atoms with Crippen molar-refractivity contribution in [1.29, 1.82) is 0 Å². The van der Waals surface area contributed by atoms with Gasteiger partial charge < -0.3 is 19.9 Å². The fourth-order valence-electron chi connectivity index (χ4n) is 2.86. The number of nitrogens with zero attached hydrogens (tertiary/aromatic N) is 2. The van der Waals surface area contributed by atoms with Crippen molar-refractivity contribution in [3.63, 3.8) is 0 Å². The van der Waals surface area contributed by atoms with E-state index in [2.05, 4.69) is 10.2 Å². The van der Waals surface area contributed by atoms with Crippen LogP contribution >= 0.6 is 0 Å². The SMILES string of the molecule is CC(C)Oc1ccc(N2CC(C(=O)NCCCN(C)C)CC2=O)cc1. The van der Waals surface area contributed by atoms with Crippen LogP contribution in [-0.4, -0.2) is 56.5 Å². The third-order valence-corrected chi connectivity index (χ3v) is 4.10. The highest BCUT2D eigenvalue weighted by atomic mass is 16.5. The van der Waals surface area contributed by atoms with Crippen LogP contribution < -0.4 is 15.0 Å². The highest BCUT2D eigenvalue weighted by Gasteiger charge is 2.34. The Hall–Kier alpha value is -2.08. The normalized spacial score (nSPS) is 17.4. The van der Waals surface area contributed by atoms with Gasteiger partial charge in [0.25, 0.3) is 0 Å². The predicted octanol–water partition coefficient (Wildman–Crippen LogP) is 1.89.